The van der Waals surface area contributed by atoms with Crippen LogP contribution in [0.1, 0.15) is 74.0 Å². The van der Waals surface area contributed by atoms with E-state index in [1.165, 1.54) is 5.57 Å². The third kappa shape index (κ3) is 7.27. The number of carbonyl (C=O) groups is 1. The second-order valence-corrected chi connectivity index (χ2v) is 8.14. The number of para-hydroxylation sites is 1. The molecular formula is C28H40O3. The summed E-state index contributed by atoms with van der Waals surface area (Å²) in [6.07, 6.45) is 1.87. The van der Waals surface area contributed by atoms with Crippen LogP contribution in [-0.4, -0.2) is 5.97 Å². The van der Waals surface area contributed by atoms with Gasteiger partial charge in [-0.25, -0.2) is 0 Å². The summed E-state index contributed by atoms with van der Waals surface area (Å²) in [4.78, 5) is 12.7. The molecule has 2 aromatic rings. The topological polar surface area (TPSA) is 35.5 Å². The van der Waals surface area contributed by atoms with Gasteiger partial charge in [0, 0.05) is 0 Å². The number of benzene rings is 2. The van der Waals surface area contributed by atoms with E-state index < -0.39 is 0 Å². The van der Waals surface area contributed by atoms with E-state index in [4.69, 9.17) is 9.47 Å². The Kier molecular flexibility index (Phi) is 10.5. The summed E-state index contributed by atoms with van der Waals surface area (Å²) in [5.74, 6) is 1.58. The number of allylic oxidation sites excluding steroid dienone is 2. The monoisotopic (exact) mass is 424 g/mol. The second-order valence-electron chi connectivity index (χ2n) is 8.14. The number of hydrogen-bond donors (Lipinski definition) is 0. The minimum Gasteiger partial charge on any atom is -0.458 e. The number of hydrogen-bond acceptors (Lipinski definition) is 3. The molecule has 0 aromatic heterocycles. The lowest BCUT2D eigenvalue weighted by molar-refractivity contribution is -0.151. The van der Waals surface area contributed by atoms with Crippen LogP contribution in [-0.2, 0) is 9.53 Å². The predicted molar refractivity (Wildman–Crippen MR) is 130 cm³/mol. The first-order valence-corrected chi connectivity index (χ1v) is 11.5. The van der Waals surface area contributed by atoms with Gasteiger partial charge in [-0.1, -0.05) is 83.5 Å². The Morgan fingerprint density at radius 2 is 1.52 bits per heavy atom. The van der Waals surface area contributed by atoms with E-state index >= 15 is 0 Å². The highest BCUT2D eigenvalue weighted by molar-refractivity contribution is 5.78. The van der Waals surface area contributed by atoms with Gasteiger partial charge in [-0.2, -0.15) is 0 Å². The molecule has 0 amide bonds. The fourth-order valence-electron chi connectivity index (χ4n) is 3.57. The minimum absolute atomic E-state index is 0.0354. The van der Waals surface area contributed by atoms with E-state index in [0.29, 0.717) is 0 Å². The molecule has 3 heteroatoms. The number of carbonyl (C=O) groups excluding carboxylic acids is 1. The van der Waals surface area contributed by atoms with E-state index in [1.54, 1.807) is 0 Å². The molecule has 0 aliphatic heterocycles. The molecule has 2 aromatic carbocycles. The smallest absolute Gasteiger partial charge is 0.310 e. The first-order valence-electron chi connectivity index (χ1n) is 11.5. The van der Waals surface area contributed by atoms with Crippen molar-refractivity contribution < 1.29 is 14.3 Å². The zero-order valence-electron chi connectivity index (χ0n) is 20.7. The molecule has 0 heterocycles. The van der Waals surface area contributed by atoms with Crippen LogP contribution in [0, 0.1) is 17.3 Å². The lowest BCUT2D eigenvalue weighted by Crippen LogP contribution is -2.13. The Bertz CT molecular complexity index is 832. The quantitative estimate of drug-likeness (QED) is 0.345. The Labute approximate surface area is 189 Å². The number of rotatable bonds is 6. The van der Waals surface area contributed by atoms with Crippen molar-refractivity contribution in [1.82, 2.24) is 0 Å². The largest absolute Gasteiger partial charge is 0.458 e. The summed E-state index contributed by atoms with van der Waals surface area (Å²) in [6.45, 7) is 18.3. The maximum absolute atomic E-state index is 12.7. The van der Waals surface area contributed by atoms with Gasteiger partial charge in [0.1, 0.15) is 17.6 Å². The highest BCUT2D eigenvalue weighted by Crippen LogP contribution is 2.60. The predicted octanol–water partition coefficient (Wildman–Crippen LogP) is 8.37. The molecule has 1 aliphatic rings. The van der Waals surface area contributed by atoms with Gasteiger partial charge < -0.3 is 9.47 Å². The molecule has 0 N–H and O–H groups in total. The van der Waals surface area contributed by atoms with Crippen molar-refractivity contribution >= 4 is 5.97 Å². The molecule has 31 heavy (non-hydrogen) atoms. The van der Waals surface area contributed by atoms with E-state index in [-0.39, 0.29) is 29.3 Å². The van der Waals surface area contributed by atoms with Crippen molar-refractivity contribution in [3.05, 3.63) is 71.8 Å². The van der Waals surface area contributed by atoms with Gasteiger partial charge >= 0.3 is 5.97 Å². The van der Waals surface area contributed by atoms with E-state index in [2.05, 4.69) is 33.8 Å². The van der Waals surface area contributed by atoms with Crippen LogP contribution in [0.25, 0.3) is 0 Å². The van der Waals surface area contributed by atoms with Gasteiger partial charge in [0.15, 0.2) is 0 Å². The van der Waals surface area contributed by atoms with Crippen LogP contribution < -0.4 is 4.74 Å². The number of ether oxygens (including phenoxy) is 2. The first-order chi connectivity index (χ1) is 14.8. The Morgan fingerprint density at radius 3 is 2.10 bits per heavy atom. The maximum Gasteiger partial charge on any atom is 0.310 e. The molecule has 170 valence electrons. The van der Waals surface area contributed by atoms with Crippen molar-refractivity contribution in [2.45, 2.75) is 68.4 Å². The normalized spacial score (nSPS) is 18.7. The van der Waals surface area contributed by atoms with Crippen LogP contribution in [0.4, 0.5) is 0 Å². The highest BCUT2D eigenvalue weighted by atomic mass is 16.5. The summed E-state index contributed by atoms with van der Waals surface area (Å²) in [7, 11) is 0. The molecule has 0 bridgehead atoms. The Hall–Kier alpha value is -2.55. The molecule has 3 unspecified atom stereocenters. The average molecular weight is 425 g/mol. The lowest BCUT2D eigenvalue weighted by atomic mass is 10.1. The summed E-state index contributed by atoms with van der Waals surface area (Å²) < 4.78 is 11.7. The van der Waals surface area contributed by atoms with Gasteiger partial charge in [0.05, 0.1) is 5.92 Å². The average Bonchev–Trinajstić information content (AvgIpc) is 3.30. The summed E-state index contributed by atoms with van der Waals surface area (Å²) in [5.41, 5.74) is 2.13. The van der Waals surface area contributed by atoms with Gasteiger partial charge in [-0.05, 0) is 61.9 Å². The standard InChI is InChI=1S/C24H28O3.2C2H6/c1-16(2)14-21-22(24(21,4)5)23(25)26-17(3)18-10-9-13-20(15-18)27-19-11-7-6-8-12-19;2*1-2/h6-15,17,21-22H,1-5H3;2*1-2H3. The van der Waals surface area contributed by atoms with Crippen molar-refractivity contribution in [1.29, 1.82) is 0 Å². The molecule has 3 atom stereocenters. The third-order valence-electron chi connectivity index (χ3n) is 5.28. The molecule has 0 saturated heterocycles. The summed E-state index contributed by atoms with van der Waals surface area (Å²) in [5, 5.41) is 0. The highest BCUT2D eigenvalue weighted by Gasteiger charge is 2.61. The fraction of sp³-hybridized carbons (Fsp3) is 0.464. The molecular weight excluding hydrogens is 384 g/mol. The molecule has 0 spiro atoms. The fourth-order valence-corrected chi connectivity index (χ4v) is 3.57. The van der Waals surface area contributed by atoms with Gasteiger partial charge in [-0.3, -0.25) is 4.79 Å². The third-order valence-corrected chi connectivity index (χ3v) is 5.28. The van der Waals surface area contributed by atoms with Crippen LogP contribution >= 0.6 is 0 Å². The van der Waals surface area contributed by atoms with Crippen molar-refractivity contribution in [2.24, 2.45) is 17.3 Å². The second kappa shape index (κ2) is 12.3. The van der Waals surface area contributed by atoms with Crippen LogP contribution in [0.15, 0.2) is 66.2 Å². The lowest BCUT2D eigenvalue weighted by Gasteiger charge is -2.15. The summed E-state index contributed by atoms with van der Waals surface area (Å²) in [6, 6.07) is 17.4. The summed E-state index contributed by atoms with van der Waals surface area (Å²) >= 11 is 0. The minimum atomic E-state index is -0.319. The first kappa shape index (κ1) is 26.5. The molecule has 3 nitrogen and oxygen atoms in total. The van der Waals surface area contributed by atoms with Crippen LogP contribution in [0.2, 0.25) is 0 Å². The maximum atomic E-state index is 12.7. The molecule has 1 fully saturated rings. The number of esters is 1. The van der Waals surface area contributed by atoms with Crippen LogP contribution in [0.5, 0.6) is 11.5 Å². The van der Waals surface area contributed by atoms with E-state index in [9.17, 15) is 4.79 Å². The zero-order valence-corrected chi connectivity index (χ0v) is 20.7. The molecule has 3 rings (SSSR count). The van der Waals surface area contributed by atoms with Gasteiger partial charge in [-0.15, -0.1) is 0 Å². The van der Waals surface area contributed by atoms with E-state index in [0.717, 1.165) is 17.1 Å². The Morgan fingerprint density at radius 1 is 0.935 bits per heavy atom. The molecule has 1 aliphatic carbocycles. The van der Waals surface area contributed by atoms with Gasteiger partial charge in [0.2, 0.25) is 0 Å². The molecule has 0 radical (unpaired) electrons. The van der Waals surface area contributed by atoms with Gasteiger partial charge in [0.25, 0.3) is 0 Å². The zero-order chi connectivity index (χ0) is 23.6. The molecule has 1 saturated carbocycles. The van der Waals surface area contributed by atoms with Crippen molar-refractivity contribution in [2.75, 3.05) is 0 Å². The van der Waals surface area contributed by atoms with E-state index in [1.807, 2.05) is 89.2 Å². The van der Waals surface area contributed by atoms with Crippen LogP contribution in [0.3, 0.4) is 0 Å². The Balaban J connectivity index is 0.00000113. The van der Waals surface area contributed by atoms with Crippen molar-refractivity contribution in [3.8, 4) is 11.5 Å². The SMILES string of the molecule is CC.CC.CC(C)=CC1C(C(=O)OC(C)c2cccc(Oc3ccccc3)c2)C1(C)C. The van der Waals surface area contributed by atoms with Crippen molar-refractivity contribution in [3.63, 3.8) is 0 Å².